The van der Waals surface area contributed by atoms with Gasteiger partial charge in [0.2, 0.25) is 0 Å². The summed E-state index contributed by atoms with van der Waals surface area (Å²) in [5, 5.41) is 4.89. The van der Waals surface area contributed by atoms with Crippen LogP contribution in [0.2, 0.25) is 0 Å². The van der Waals surface area contributed by atoms with Crippen LogP contribution in [-0.4, -0.2) is 45.7 Å². The molecule has 0 spiro atoms. The van der Waals surface area contributed by atoms with Crippen LogP contribution < -0.4 is 9.47 Å². The van der Waals surface area contributed by atoms with E-state index < -0.39 is 0 Å². The van der Waals surface area contributed by atoms with Gasteiger partial charge in [0.15, 0.2) is 11.5 Å². The third-order valence-corrected chi connectivity index (χ3v) is 7.94. The Hall–Kier alpha value is -3.10. The van der Waals surface area contributed by atoms with Crippen molar-refractivity contribution < 1.29 is 14.3 Å². The van der Waals surface area contributed by atoms with E-state index in [4.69, 9.17) is 26.8 Å². The van der Waals surface area contributed by atoms with Crippen molar-refractivity contribution in [3.8, 4) is 28.4 Å². The number of ether oxygens (including phenoxy) is 2. The molecule has 0 saturated carbocycles. The van der Waals surface area contributed by atoms with Gasteiger partial charge in [-0.05, 0) is 48.7 Å². The van der Waals surface area contributed by atoms with Gasteiger partial charge in [-0.25, -0.2) is 4.68 Å². The van der Waals surface area contributed by atoms with E-state index in [1.165, 1.54) is 11.8 Å². The second-order valence-corrected chi connectivity index (χ2v) is 10.7. The van der Waals surface area contributed by atoms with Crippen LogP contribution >= 0.6 is 24.0 Å². The maximum absolute atomic E-state index is 13.4. The molecule has 0 N–H and O–H groups in total. The standard InChI is InChI=1S/C29H33N3O3S2/c1-5-7-11-20(6-2)18-31-28(33)26(37-29(31)36)17-22-19-32(23-12-9-8-10-13-23)30-27(22)21-14-15-24(34-3)25(16-21)35-4/h8-10,12-17,19-20H,5-7,11,18H2,1-4H3/b26-17+. The molecule has 4 rings (SSSR count). The molecule has 194 valence electrons. The second-order valence-electron chi connectivity index (χ2n) is 8.99. The van der Waals surface area contributed by atoms with Crippen LogP contribution in [0.15, 0.2) is 59.6 Å². The van der Waals surface area contributed by atoms with Crippen LogP contribution in [0.4, 0.5) is 0 Å². The van der Waals surface area contributed by atoms with Crippen LogP contribution in [0.3, 0.4) is 0 Å². The molecule has 1 aliphatic heterocycles. The van der Waals surface area contributed by atoms with Crippen LogP contribution in [0.5, 0.6) is 11.5 Å². The molecule has 1 unspecified atom stereocenters. The Morgan fingerprint density at radius 1 is 1.08 bits per heavy atom. The zero-order valence-electron chi connectivity index (χ0n) is 21.8. The molecule has 1 amide bonds. The largest absolute Gasteiger partial charge is 0.493 e. The molecule has 2 heterocycles. The fourth-order valence-corrected chi connectivity index (χ4v) is 5.65. The first-order valence-corrected chi connectivity index (χ1v) is 13.8. The number of thiocarbonyl (C=S) groups is 1. The molecule has 1 atom stereocenters. The van der Waals surface area contributed by atoms with Crippen molar-refractivity contribution in [3.63, 3.8) is 0 Å². The minimum Gasteiger partial charge on any atom is -0.493 e. The number of thioether (sulfide) groups is 1. The summed E-state index contributed by atoms with van der Waals surface area (Å²) in [4.78, 5) is 15.8. The van der Waals surface area contributed by atoms with E-state index in [0.29, 0.717) is 33.2 Å². The molecule has 1 aliphatic rings. The lowest BCUT2D eigenvalue weighted by Crippen LogP contribution is -2.33. The maximum atomic E-state index is 13.4. The number of nitrogens with zero attached hydrogens (tertiary/aromatic N) is 3. The first-order valence-electron chi connectivity index (χ1n) is 12.6. The van der Waals surface area contributed by atoms with E-state index in [9.17, 15) is 4.79 Å². The van der Waals surface area contributed by atoms with E-state index in [-0.39, 0.29) is 5.91 Å². The Bertz CT molecular complexity index is 1290. The van der Waals surface area contributed by atoms with Gasteiger partial charge < -0.3 is 9.47 Å². The molecule has 1 saturated heterocycles. The molecular formula is C29H33N3O3S2. The number of amides is 1. The lowest BCUT2D eigenvalue weighted by molar-refractivity contribution is -0.122. The highest BCUT2D eigenvalue weighted by Gasteiger charge is 2.33. The number of benzene rings is 2. The molecule has 37 heavy (non-hydrogen) atoms. The van der Waals surface area contributed by atoms with Crippen molar-refractivity contribution in [3.05, 3.63) is 65.2 Å². The quantitative estimate of drug-likeness (QED) is 0.195. The minimum absolute atomic E-state index is 0.0318. The van der Waals surface area contributed by atoms with Gasteiger partial charge >= 0.3 is 0 Å². The zero-order chi connectivity index (χ0) is 26.4. The first kappa shape index (κ1) is 26.9. The monoisotopic (exact) mass is 535 g/mol. The second kappa shape index (κ2) is 12.4. The maximum Gasteiger partial charge on any atom is 0.266 e. The summed E-state index contributed by atoms with van der Waals surface area (Å²) >= 11 is 7.00. The van der Waals surface area contributed by atoms with Crippen LogP contribution in [-0.2, 0) is 4.79 Å². The predicted octanol–water partition coefficient (Wildman–Crippen LogP) is 6.97. The van der Waals surface area contributed by atoms with Crippen molar-refractivity contribution in [1.29, 1.82) is 0 Å². The fraction of sp³-hybridized carbons (Fsp3) is 0.345. The van der Waals surface area contributed by atoms with Gasteiger partial charge in [-0.3, -0.25) is 9.69 Å². The summed E-state index contributed by atoms with van der Waals surface area (Å²) in [6.07, 6.45) is 8.31. The number of hydrogen-bond acceptors (Lipinski definition) is 6. The SMILES string of the molecule is CCCCC(CC)CN1C(=O)/C(=C\c2cn(-c3ccccc3)nc2-c2ccc(OC)c(OC)c2)SC1=S. The summed E-state index contributed by atoms with van der Waals surface area (Å²) in [7, 11) is 3.22. The molecule has 8 heteroatoms. The highest BCUT2D eigenvalue weighted by Crippen LogP contribution is 2.37. The van der Waals surface area contributed by atoms with E-state index in [2.05, 4.69) is 13.8 Å². The molecule has 1 fully saturated rings. The summed E-state index contributed by atoms with van der Waals surface area (Å²) in [6.45, 7) is 5.05. The number of carbonyl (C=O) groups excluding carboxylic acids is 1. The number of methoxy groups -OCH3 is 2. The highest BCUT2D eigenvalue weighted by molar-refractivity contribution is 8.26. The molecule has 1 aromatic heterocycles. The van der Waals surface area contributed by atoms with E-state index in [1.807, 2.05) is 65.5 Å². The number of carbonyl (C=O) groups is 1. The Morgan fingerprint density at radius 3 is 2.51 bits per heavy atom. The van der Waals surface area contributed by atoms with Crippen molar-refractivity contribution in [2.45, 2.75) is 39.5 Å². The average molecular weight is 536 g/mol. The van der Waals surface area contributed by atoms with Crippen LogP contribution in [0.25, 0.3) is 23.0 Å². The molecule has 6 nitrogen and oxygen atoms in total. The smallest absolute Gasteiger partial charge is 0.266 e. The van der Waals surface area contributed by atoms with Crippen molar-refractivity contribution in [2.24, 2.45) is 5.92 Å². The highest BCUT2D eigenvalue weighted by atomic mass is 32.2. The minimum atomic E-state index is -0.0318. The van der Waals surface area contributed by atoms with Gasteiger partial charge in [0.25, 0.3) is 5.91 Å². The van der Waals surface area contributed by atoms with E-state index >= 15 is 0 Å². The lowest BCUT2D eigenvalue weighted by atomic mass is 9.99. The van der Waals surface area contributed by atoms with Crippen LogP contribution in [0.1, 0.15) is 45.1 Å². The van der Waals surface area contributed by atoms with Crippen molar-refractivity contribution >= 4 is 40.3 Å². The van der Waals surface area contributed by atoms with Gasteiger partial charge in [0.05, 0.1) is 24.8 Å². The topological polar surface area (TPSA) is 56.6 Å². The van der Waals surface area contributed by atoms with Gasteiger partial charge in [-0.1, -0.05) is 75.3 Å². The number of para-hydroxylation sites is 1. The Balaban J connectivity index is 1.72. The van der Waals surface area contributed by atoms with E-state index in [0.717, 1.165) is 48.2 Å². The van der Waals surface area contributed by atoms with E-state index in [1.54, 1.807) is 19.1 Å². The molecule has 0 aliphatic carbocycles. The average Bonchev–Trinajstić information content (AvgIpc) is 3.47. The lowest BCUT2D eigenvalue weighted by Gasteiger charge is -2.21. The Morgan fingerprint density at radius 2 is 1.84 bits per heavy atom. The molecular weight excluding hydrogens is 502 g/mol. The Labute approximate surface area is 228 Å². The van der Waals surface area contributed by atoms with Crippen molar-refractivity contribution in [1.82, 2.24) is 14.7 Å². The third-order valence-electron chi connectivity index (χ3n) is 6.56. The third kappa shape index (κ3) is 6.08. The molecule has 3 aromatic rings. The molecule has 0 bridgehead atoms. The summed E-state index contributed by atoms with van der Waals surface area (Å²) in [6, 6.07) is 15.6. The molecule has 2 aromatic carbocycles. The van der Waals surface area contributed by atoms with Gasteiger partial charge in [-0.15, -0.1) is 0 Å². The number of hydrogen-bond donors (Lipinski definition) is 0. The van der Waals surface area contributed by atoms with Crippen LogP contribution in [0, 0.1) is 5.92 Å². The zero-order valence-corrected chi connectivity index (χ0v) is 23.4. The predicted molar refractivity (Wildman–Crippen MR) is 155 cm³/mol. The normalized spacial score (nSPS) is 15.5. The number of rotatable bonds is 11. The number of unbranched alkanes of at least 4 members (excludes halogenated alkanes) is 1. The summed E-state index contributed by atoms with van der Waals surface area (Å²) in [5.41, 5.74) is 3.36. The fourth-order valence-electron chi connectivity index (χ4n) is 4.39. The van der Waals surface area contributed by atoms with Gasteiger partial charge in [-0.2, -0.15) is 5.10 Å². The Kier molecular flexibility index (Phi) is 9.05. The van der Waals surface area contributed by atoms with Crippen molar-refractivity contribution in [2.75, 3.05) is 20.8 Å². The first-order chi connectivity index (χ1) is 18.0. The van der Waals surface area contributed by atoms with Gasteiger partial charge in [0.1, 0.15) is 10.0 Å². The summed E-state index contributed by atoms with van der Waals surface area (Å²) < 4.78 is 13.4. The van der Waals surface area contributed by atoms with Gasteiger partial charge in [0, 0.05) is 23.9 Å². The number of aromatic nitrogens is 2. The molecule has 0 radical (unpaired) electrons. The summed E-state index contributed by atoms with van der Waals surface area (Å²) in [5.74, 6) is 1.68.